The molecule has 0 spiro atoms. The second-order valence-electron chi connectivity index (χ2n) is 4.67. The second-order valence-corrected chi connectivity index (χ2v) is 5.53. The smallest absolute Gasteiger partial charge is 0.273 e. The van der Waals surface area contributed by atoms with Gasteiger partial charge < -0.3 is 14.8 Å². The maximum Gasteiger partial charge on any atom is 0.273 e. The largest absolute Gasteiger partial charge is 0.493 e. The number of amides is 1. The molecule has 0 aliphatic rings. The van der Waals surface area contributed by atoms with Gasteiger partial charge in [0.25, 0.3) is 11.6 Å². The first-order valence-corrected chi connectivity index (χ1v) is 7.50. The summed E-state index contributed by atoms with van der Waals surface area (Å²) in [6.07, 6.45) is 0. The van der Waals surface area contributed by atoms with Crippen LogP contribution in [0.25, 0.3) is 0 Å². The Bertz CT molecular complexity index is 809. The zero-order valence-corrected chi connectivity index (χ0v) is 14.3. The molecule has 0 atom stereocenters. The summed E-state index contributed by atoms with van der Waals surface area (Å²) in [6, 6.07) is 5.23. The molecule has 25 heavy (non-hydrogen) atoms. The summed E-state index contributed by atoms with van der Waals surface area (Å²) in [4.78, 5) is 22.0. The summed E-state index contributed by atoms with van der Waals surface area (Å²) in [7, 11) is 1.29. The van der Waals surface area contributed by atoms with Gasteiger partial charge in [0.1, 0.15) is 5.82 Å². The van der Waals surface area contributed by atoms with E-state index in [-0.39, 0.29) is 27.3 Å². The first kappa shape index (κ1) is 18.6. The summed E-state index contributed by atoms with van der Waals surface area (Å²) < 4.78 is 36.9. The molecule has 0 aliphatic carbocycles. The zero-order valence-electron chi connectivity index (χ0n) is 12.7. The number of rotatable bonds is 6. The van der Waals surface area contributed by atoms with Gasteiger partial charge in [-0.2, -0.15) is 0 Å². The van der Waals surface area contributed by atoms with E-state index >= 15 is 0 Å². The number of carbonyl (C=O) groups excluding carboxylic acids is 1. The molecule has 0 bridgehead atoms. The number of hydrogen-bond donors (Lipinski definition) is 1. The van der Waals surface area contributed by atoms with Crippen molar-refractivity contribution in [2.75, 3.05) is 19.0 Å². The first-order valence-electron chi connectivity index (χ1n) is 6.71. The number of nitro groups is 1. The normalized spacial score (nSPS) is 10.2. The van der Waals surface area contributed by atoms with Gasteiger partial charge in [-0.1, -0.05) is 0 Å². The number of nitrogens with zero attached hydrogens (tertiary/aromatic N) is 1. The fourth-order valence-electron chi connectivity index (χ4n) is 1.87. The third-order valence-electron chi connectivity index (χ3n) is 2.99. The van der Waals surface area contributed by atoms with Crippen LogP contribution in [-0.4, -0.2) is 24.5 Å². The Hall–Kier alpha value is -2.75. The second kappa shape index (κ2) is 7.88. The van der Waals surface area contributed by atoms with Crippen molar-refractivity contribution < 1.29 is 28.0 Å². The molecular formula is C15H11BrF2N2O5. The van der Waals surface area contributed by atoms with E-state index in [1.807, 2.05) is 0 Å². The van der Waals surface area contributed by atoms with Gasteiger partial charge in [-0.3, -0.25) is 14.9 Å². The highest BCUT2D eigenvalue weighted by Gasteiger charge is 2.16. The van der Waals surface area contributed by atoms with Crippen LogP contribution in [0.3, 0.4) is 0 Å². The number of halogens is 3. The summed E-state index contributed by atoms with van der Waals surface area (Å²) in [5, 5.41) is 13.0. The Morgan fingerprint density at radius 2 is 2.00 bits per heavy atom. The van der Waals surface area contributed by atoms with Crippen molar-refractivity contribution in [3.63, 3.8) is 0 Å². The SMILES string of the molecule is COc1cc([N+](=O)[O-])ccc1OCC(=O)Nc1c(F)cc(F)cc1Br. The summed E-state index contributed by atoms with van der Waals surface area (Å²) in [5.74, 6) is -2.30. The van der Waals surface area contributed by atoms with E-state index in [1.54, 1.807) is 0 Å². The van der Waals surface area contributed by atoms with Crippen LogP contribution in [-0.2, 0) is 4.79 Å². The standard InChI is InChI=1S/C15H11BrF2N2O5/c1-24-13-6-9(20(22)23)2-3-12(13)25-7-14(21)19-15-10(16)4-8(17)5-11(15)18/h2-6H,7H2,1H3,(H,19,21). The van der Waals surface area contributed by atoms with Crippen LogP contribution < -0.4 is 14.8 Å². The van der Waals surface area contributed by atoms with Crippen LogP contribution in [0.1, 0.15) is 0 Å². The minimum absolute atomic E-state index is 0.0336. The van der Waals surface area contributed by atoms with Crippen LogP contribution in [0.5, 0.6) is 11.5 Å². The highest BCUT2D eigenvalue weighted by molar-refractivity contribution is 9.10. The highest BCUT2D eigenvalue weighted by atomic mass is 79.9. The van der Waals surface area contributed by atoms with E-state index in [0.29, 0.717) is 6.07 Å². The number of carbonyl (C=O) groups is 1. The van der Waals surface area contributed by atoms with Crippen LogP contribution in [0, 0.1) is 21.7 Å². The van der Waals surface area contributed by atoms with Gasteiger partial charge in [-0.25, -0.2) is 8.78 Å². The average Bonchev–Trinajstić information content (AvgIpc) is 2.55. The van der Waals surface area contributed by atoms with E-state index in [2.05, 4.69) is 21.2 Å². The number of nitro benzene ring substituents is 1. The lowest BCUT2D eigenvalue weighted by molar-refractivity contribution is -0.384. The fourth-order valence-corrected chi connectivity index (χ4v) is 2.38. The summed E-state index contributed by atoms with van der Waals surface area (Å²) in [5.41, 5.74) is -0.434. The number of anilines is 1. The van der Waals surface area contributed by atoms with E-state index < -0.39 is 29.1 Å². The van der Waals surface area contributed by atoms with Crippen LogP contribution in [0.4, 0.5) is 20.2 Å². The number of methoxy groups -OCH3 is 1. The monoisotopic (exact) mass is 416 g/mol. The van der Waals surface area contributed by atoms with Gasteiger partial charge in [-0.05, 0) is 28.1 Å². The number of benzene rings is 2. The molecule has 2 aromatic rings. The Morgan fingerprint density at radius 1 is 1.28 bits per heavy atom. The Kier molecular flexibility index (Phi) is 5.86. The topological polar surface area (TPSA) is 90.7 Å². The molecule has 1 N–H and O–H groups in total. The lowest BCUT2D eigenvalue weighted by Crippen LogP contribution is -2.21. The number of non-ortho nitro benzene ring substituents is 1. The maximum absolute atomic E-state index is 13.7. The van der Waals surface area contributed by atoms with Gasteiger partial charge in [-0.15, -0.1) is 0 Å². The molecule has 2 rings (SSSR count). The van der Waals surface area contributed by atoms with Crippen molar-refractivity contribution in [1.29, 1.82) is 0 Å². The molecule has 7 nitrogen and oxygen atoms in total. The van der Waals surface area contributed by atoms with Gasteiger partial charge >= 0.3 is 0 Å². The van der Waals surface area contributed by atoms with E-state index in [4.69, 9.17) is 9.47 Å². The predicted molar refractivity (Wildman–Crippen MR) is 87.8 cm³/mol. The number of hydrogen-bond acceptors (Lipinski definition) is 5. The van der Waals surface area contributed by atoms with E-state index in [9.17, 15) is 23.7 Å². The zero-order chi connectivity index (χ0) is 18.6. The molecule has 0 saturated heterocycles. The third kappa shape index (κ3) is 4.63. The highest BCUT2D eigenvalue weighted by Crippen LogP contribution is 2.31. The lowest BCUT2D eigenvalue weighted by atomic mass is 10.3. The average molecular weight is 417 g/mol. The molecule has 0 heterocycles. The number of nitrogens with one attached hydrogen (secondary N) is 1. The molecule has 0 unspecified atom stereocenters. The predicted octanol–water partition coefficient (Wildman–Crippen LogP) is 3.66. The van der Waals surface area contributed by atoms with Crippen molar-refractivity contribution in [2.24, 2.45) is 0 Å². The van der Waals surface area contributed by atoms with Crippen molar-refractivity contribution in [1.82, 2.24) is 0 Å². The minimum Gasteiger partial charge on any atom is -0.493 e. The summed E-state index contributed by atoms with van der Waals surface area (Å²) in [6.45, 7) is -0.516. The Morgan fingerprint density at radius 3 is 2.60 bits per heavy atom. The molecule has 0 radical (unpaired) electrons. The molecule has 0 saturated carbocycles. The molecule has 10 heteroatoms. The van der Waals surface area contributed by atoms with Gasteiger partial charge in [0.15, 0.2) is 23.9 Å². The fraction of sp³-hybridized carbons (Fsp3) is 0.133. The van der Waals surface area contributed by atoms with Crippen molar-refractivity contribution in [3.05, 3.63) is 56.6 Å². The molecule has 0 aliphatic heterocycles. The van der Waals surface area contributed by atoms with Crippen molar-refractivity contribution in [2.45, 2.75) is 0 Å². The molecular weight excluding hydrogens is 406 g/mol. The van der Waals surface area contributed by atoms with Crippen LogP contribution in [0.15, 0.2) is 34.8 Å². The molecule has 0 aromatic heterocycles. The molecule has 132 valence electrons. The van der Waals surface area contributed by atoms with Crippen molar-refractivity contribution in [3.8, 4) is 11.5 Å². The Balaban J connectivity index is 2.07. The van der Waals surface area contributed by atoms with Crippen LogP contribution >= 0.6 is 15.9 Å². The lowest BCUT2D eigenvalue weighted by Gasteiger charge is -2.12. The van der Waals surface area contributed by atoms with E-state index in [0.717, 1.165) is 12.1 Å². The molecule has 0 fully saturated rings. The van der Waals surface area contributed by atoms with Crippen molar-refractivity contribution >= 4 is 33.2 Å². The van der Waals surface area contributed by atoms with Gasteiger partial charge in [0.05, 0.1) is 23.8 Å². The van der Waals surface area contributed by atoms with Gasteiger partial charge in [0.2, 0.25) is 0 Å². The minimum atomic E-state index is -0.951. The van der Waals surface area contributed by atoms with E-state index in [1.165, 1.54) is 19.2 Å². The first-order chi connectivity index (χ1) is 11.8. The number of ether oxygens (including phenoxy) is 2. The summed E-state index contributed by atoms with van der Waals surface area (Å²) >= 11 is 2.95. The van der Waals surface area contributed by atoms with Crippen LogP contribution in [0.2, 0.25) is 0 Å². The quantitative estimate of drug-likeness (QED) is 0.572. The third-order valence-corrected chi connectivity index (χ3v) is 3.61. The Labute approximate surface area is 148 Å². The van der Waals surface area contributed by atoms with Gasteiger partial charge in [0, 0.05) is 16.6 Å². The molecule has 1 amide bonds. The molecule has 2 aromatic carbocycles. The maximum atomic E-state index is 13.7.